The molecular formula is C18H20F3N. The van der Waals surface area contributed by atoms with E-state index in [4.69, 9.17) is 0 Å². The summed E-state index contributed by atoms with van der Waals surface area (Å²) in [6.45, 7) is 4.10. The van der Waals surface area contributed by atoms with Gasteiger partial charge in [0.2, 0.25) is 0 Å². The molecule has 0 fully saturated rings. The Hall–Kier alpha value is -1.81. The van der Waals surface area contributed by atoms with Crippen LogP contribution in [0, 0.1) is 0 Å². The molecular weight excluding hydrogens is 287 g/mol. The summed E-state index contributed by atoms with van der Waals surface area (Å²) in [5.74, 6) is 0. The highest BCUT2D eigenvalue weighted by Crippen LogP contribution is 2.32. The van der Waals surface area contributed by atoms with E-state index in [9.17, 15) is 13.2 Å². The Morgan fingerprint density at radius 3 is 1.68 bits per heavy atom. The summed E-state index contributed by atoms with van der Waals surface area (Å²) in [5.41, 5.74) is 1.45. The number of benzene rings is 2. The van der Waals surface area contributed by atoms with Crippen molar-refractivity contribution in [1.82, 2.24) is 4.90 Å². The Labute approximate surface area is 129 Å². The van der Waals surface area contributed by atoms with Crippen molar-refractivity contribution in [3.05, 3.63) is 71.3 Å². The first-order chi connectivity index (χ1) is 10.3. The number of hydrogen-bond donors (Lipinski definition) is 0. The highest BCUT2D eigenvalue weighted by Gasteiger charge is 2.30. The van der Waals surface area contributed by atoms with Crippen LogP contribution >= 0.6 is 0 Å². The van der Waals surface area contributed by atoms with E-state index < -0.39 is 11.7 Å². The highest BCUT2D eigenvalue weighted by molar-refractivity contribution is 5.27. The quantitative estimate of drug-likeness (QED) is 0.725. The Morgan fingerprint density at radius 2 is 1.23 bits per heavy atom. The van der Waals surface area contributed by atoms with E-state index >= 15 is 0 Å². The molecule has 4 heteroatoms. The molecule has 118 valence electrons. The summed E-state index contributed by atoms with van der Waals surface area (Å²) in [5, 5.41) is 0. The van der Waals surface area contributed by atoms with Crippen molar-refractivity contribution in [1.29, 1.82) is 0 Å². The number of nitrogens with zero attached hydrogens (tertiary/aromatic N) is 1. The molecule has 0 saturated heterocycles. The Morgan fingerprint density at radius 1 is 0.773 bits per heavy atom. The molecule has 2 rings (SSSR count). The van der Waals surface area contributed by atoms with Crippen molar-refractivity contribution in [3.8, 4) is 0 Å². The molecule has 0 amide bonds. The van der Waals surface area contributed by atoms with Crippen molar-refractivity contribution < 1.29 is 13.2 Å². The lowest BCUT2D eigenvalue weighted by molar-refractivity contribution is -0.137. The fraction of sp³-hybridized carbons (Fsp3) is 0.333. The monoisotopic (exact) mass is 307 g/mol. The molecule has 0 N–H and O–H groups in total. The fourth-order valence-electron chi connectivity index (χ4n) is 2.49. The van der Waals surface area contributed by atoms with Crippen LogP contribution in [-0.4, -0.2) is 11.9 Å². The third-order valence-electron chi connectivity index (χ3n) is 4.22. The third-order valence-corrected chi connectivity index (χ3v) is 4.22. The van der Waals surface area contributed by atoms with Crippen LogP contribution in [0.15, 0.2) is 54.6 Å². The van der Waals surface area contributed by atoms with Crippen LogP contribution in [0.3, 0.4) is 0 Å². The minimum Gasteiger partial charge on any atom is -0.293 e. The predicted octanol–water partition coefficient (Wildman–Crippen LogP) is 5.46. The lowest BCUT2D eigenvalue weighted by atomic mass is 10.0. The van der Waals surface area contributed by atoms with Crippen molar-refractivity contribution in [2.45, 2.75) is 32.1 Å². The van der Waals surface area contributed by atoms with Gasteiger partial charge in [0.1, 0.15) is 0 Å². The van der Waals surface area contributed by atoms with Crippen LogP contribution in [-0.2, 0) is 6.18 Å². The van der Waals surface area contributed by atoms with Gasteiger partial charge in [0.15, 0.2) is 0 Å². The molecule has 2 aromatic rings. The van der Waals surface area contributed by atoms with Gasteiger partial charge in [0, 0.05) is 12.1 Å². The van der Waals surface area contributed by atoms with E-state index in [-0.39, 0.29) is 12.1 Å². The molecule has 0 spiro atoms. The molecule has 2 atom stereocenters. The number of alkyl halides is 3. The van der Waals surface area contributed by atoms with Crippen molar-refractivity contribution in [2.75, 3.05) is 7.05 Å². The largest absolute Gasteiger partial charge is 0.416 e. The number of hydrogen-bond acceptors (Lipinski definition) is 1. The van der Waals surface area contributed by atoms with Crippen LogP contribution in [0.5, 0.6) is 0 Å². The second kappa shape index (κ2) is 6.53. The normalized spacial score (nSPS) is 14.9. The minimum atomic E-state index is -4.29. The van der Waals surface area contributed by atoms with Gasteiger partial charge in [-0.25, -0.2) is 0 Å². The van der Waals surface area contributed by atoms with Gasteiger partial charge in [0.25, 0.3) is 0 Å². The zero-order valence-electron chi connectivity index (χ0n) is 12.9. The summed E-state index contributed by atoms with van der Waals surface area (Å²) in [7, 11) is 1.99. The fourth-order valence-corrected chi connectivity index (χ4v) is 2.49. The smallest absolute Gasteiger partial charge is 0.293 e. The third kappa shape index (κ3) is 3.69. The van der Waals surface area contributed by atoms with Gasteiger partial charge in [0.05, 0.1) is 5.56 Å². The van der Waals surface area contributed by atoms with E-state index in [1.165, 1.54) is 5.56 Å². The van der Waals surface area contributed by atoms with Crippen LogP contribution in [0.2, 0.25) is 0 Å². The van der Waals surface area contributed by atoms with Gasteiger partial charge >= 0.3 is 6.18 Å². The van der Waals surface area contributed by atoms with Gasteiger partial charge in [-0.2, -0.15) is 13.2 Å². The SMILES string of the molecule is CC(c1ccc(C(F)(F)F)cc1)N(C)[C@H](C)c1ccccc1. The molecule has 0 aliphatic carbocycles. The lowest BCUT2D eigenvalue weighted by Crippen LogP contribution is -2.25. The van der Waals surface area contributed by atoms with E-state index in [2.05, 4.69) is 24.0 Å². The van der Waals surface area contributed by atoms with Gasteiger partial charge in [-0.1, -0.05) is 42.5 Å². The standard InChI is InChI=1S/C18H20F3N/c1-13(15-7-5-4-6-8-15)22(3)14(2)16-9-11-17(12-10-16)18(19,20)21/h4-14H,1-3H3/t13-,14?/m1/s1. The maximum atomic E-state index is 12.6. The summed E-state index contributed by atoms with van der Waals surface area (Å²) in [4.78, 5) is 2.15. The molecule has 0 saturated carbocycles. The topological polar surface area (TPSA) is 3.24 Å². The van der Waals surface area contributed by atoms with Crippen molar-refractivity contribution >= 4 is 0 Å². The van der Waals surface area contributed by atoms with E-state index in [1.807, 2.05) is 32.2 Å². The molecule has 1 unspecified atom stereocenters. The average Bonchev–Trinajstić information content (AvgIpc) is 2.53. The molecule has 0 heterocycles. The highest BCUT2D eigenvalue weighted by atomic mass is 19.4. The van der Waals surface area contributed by atoms with Crippen LogP contribution in [0.4, 0.5) is 13.2 Å². The van der Waals surface area contributed by atoms with Gasteiger partial charge in [-0.3, -0.25) is 4.90 Å². The van der Waals surface area contributed by atoms with Crippen molar-refractivity contribution in [2.24, 2.45) is 0 Å². The molecule has 0 aromatic heterocycles. The van der Waals surface area contributed by atoms with Crippen LogP contribution < -0.4 is 0 Å². The Balaban J connectivity index is 2.15. The molecule has 0 aliphatic rings. The predicted molar refractivity (Wildman–Crippen MR) is 82.5 cm³/mol. The second-order valence-electron chi connectivity index (χ2n) is 5.55. The molecule has 2 aromatic carbocycles. The summed E-state index contributed by atoms with van der Waals surface area (Å²) in [6, 6.07) is 15.7. The number of halogens is 3. The van der Waals surface area contributed by atoms with Gasteiger partial charge in [-0.15, -0.1) is 0 Å². The Bertz CT molecular complexity index is 590. The Kier molecular flexibility index (Phi) is 4.91. The van der Waals surface area contributed by atoms with E-state index in [0.717, 1.165) is 17.7 Å². The first-order valence-electron chi connectivity index (χ1n) is 7.24. The first kappa shape index (κ1) is 16.6. The van der Waals surface area contributed by atoms with Crippen LogP contribution in [0.1, 0.15) is 42.6 Å². The molecule has 0 bridgehead atoms. The molecule has 0 aliphatic heterocycles. The van der Waals surface area contributed by atoms with E-state index in [1.54, 1.807) is 12.1 Å². The second-order valence-corrected chi connectivity index (χ2v) is 5.55. The summed E-state index contributed by atoms with van der Waals surface area (Å²) in [6.07, 6.45) is -4.29. The average molecular weight is 307 g/mol. The van der Waals surface area contributed by atoms with Gasteiger partial charge < -0.3 is 0 Å². The zero-order chi connectivity index (χ0) is 16.3. The first-order valence-corrected chi connectivity index (χ1v) is 7.24. The molecule has 22 heavy (non-hydrogen) atoms. The van der Waals surface area contributed by atoms with Crippen LogP contribution in [0.25, 0.3) is 0 Å². The minimum absolute atomic E-state index is 0.0255. The summed E-state index contributed by atoms with van der Waals surface area (Å²) >= 11 is 0. The molecule has 1 nitrogen and oxygen atoms in total. The van der Waals surface area contributed by atoms with E-state index in [0.29, 0.717) is 0 Å². The zero-order valence-corrected chi connectivity index (χ0v) is 12.9. The summed E-state index contributed by atoms with van der Waals surface area (Å²) < 4.78 is 37.9. The maximum Gasteiger partial charge on any atom is 0.416 e. The maximum absolute atomic E-state index is 12.6. The van der Waals surface area contributed by atoms with Gasteiger partial charge in [-0.05, 0) is 44.2 Å². The van der Waals surface area contributed by atoms with Crippen molar-refractivity contribution in [3.63, 3.8) is 0 Å². The number of rotatable bonds is 4. The lowest BCUT2D eigenvalue weighted by Gasteiger charge is -2.31. The molecule has 0 radical (unpaired) electrons.